The number of esters is 1. The van der Waals surface area contributed by atoms with Crippen LogP contribution in [0.3, 0.4) is 0 Å². The molecule has 0 aliphatic heterocycles. The third kappa shape index (κ3) is 4.03. The van der Waals surface area contributed by atoms with Crippen LogP contribution in [-0.4, -0.2) is 26.8 Å². The SMILES string of the molecule is CC1CCC(C(C)C)C(OC(=O)Cn2c(-c3ccccn3)noc2=O)C1. The van der Waals surface area contributed by atoms with E-state index in [-0.39, 0.29) is 18.5 Å². The van der Waals surface area contributed by atoms with Crippen LogP contribution in [0.5, 0.6) is 0 Å². The molecule has 26 heavy (non-hydrogen) atoms. The van der Waals surface area contributed by atoms with Gasteiger partial charge in [0.1, 0.15) is 18.3 Å². The molecule has 1 saturated carbocycles. The number of aromatic nitrogens is 3. The van der Waals surface area contributed by atoms with Crippen LogP contribution in [0.15, 0.2) is 33.7 Å². The van der Waals surface area contributed by atoms with Crippen LogP contribution >= 0.6 is 0 Å². The second-order valence-corrected chi connectivity index (χ2v) is 7.43. The minimum absolute atomic E-state index is 0.111. The second-order valence-electron chi connectivity index (χ2n) is 7.43. The third-order valence-electron chi connectivity index (χ3n) is 5.11. The van der Waals surface area contributed by atoms with Gasteiger partial charge in [0.05, 0.1) is 0 Å². The maximum Gasteiger partial charge on any atom is 0.442 e. The number of pyridine rings is 1. The Morgan fingerprint density at radius 3 is 2.88 bits per heavy atom. The molecule has 140 valence electrons. The monoisotopic (exact) mass is 359 g/mol. The highest BCUT2D eigenvalue weighted by molar-refractivity contribution is 5.70. The van der Waals surface area contributed by atoms with Crippen molar-refractivity contribution in [1.29, 1.82) is 0 Å². The second kappa shape index (κ2) is 7.85. The summed E-state index contributed by atoms with van der Waals surface area (Å²) < 4.78 is 11.7. The maximum atomic E-state index is 12.5. The Morgan fingerprint density at radius 2 is 2.19 bits per heavy atom. The van der Waals surface area contributed by atoms with Crippen LogP contribution in [-0.2, 0) is 16.1 Å². The van der Waals surface area contributed by atoms with Gasteiger partial charge in [0.25, 0.3) is 0 Å². The number of hydrogen-bond acceptors (Lipinski definition) is 6. The summed E-state index contributed by atoms with van der Waals surface area (Å²) in [6.45, 7) is 6.27. The maximum absolute atomic E-state index is 12.5. The quantitative estimate of drug-likeness (QED) is 0.763. The van der Waals surface area contributed by atoms with E-state index in [2.05, 4.69) is 30.9 Å². The molecule has 7 nitrogen and oxygen atoms in total. The third-order valence-corrected chi connectivity index (χ3v) is 5.11. The Bertz CT molecular complexity index is 797. The van der Waals surface area contributed by atoms with Crippen molar-refractivity contribution in [3.63, 3.8) is 0 Å². The lowest BCUT2D eigenvalue weighted by Crippen LogP contribution is -2.37. The zero-order valence-corrected chi connectivity index (χ0v) is 15.4. The molecule has 7 heteroatoms. The Labute approximate surface area is 152 Å². The number of carbonyl (C=O) groups excluding carboxylic acids is 1. The van der Waals surface area contributed by atoms with Crippen LogP contribution < -0.4 is 5.76 Å². The van der Waals surface area contributed by atoms with Crippen molar-refractivity contribution in [3.8, 4) is 11.5 Å². The zero-order valence-electron chi connectivity index (χ0n) is 15.4. The number of ether oxygens (including phenoxy) is 1. The van der Waals surface area contributed by atoms with Crippen molar-refractivity contribution in [2.45, 2.75) is 52.7 Å². The molecule has 0 saturated heterocycles. The average Bonchev–Trinajstić information content (AvgIpc) is 2.96. The predicted molar refractivity (Wildman–Crippen MR) is 95.2 cm³/mol. The smallest absolute Gasteiger partial charge is 0.442 e. The molecule has 2 aromatic rings. The van der Waals surface area contributed by atoms with Gasteiger partial charge < -0.3 is 4.74 Å². The van der Waals surface area contributed by atoms with Crippen LogP contribution in [0.4, 0.5) is 0 Å². The summed E-state index contributed by atoms with van der Waals surface area (Å²) in [5.41, 5.74) is 0.470. The fraction of sp³-hybridized carbons (Fsp3) is 0.579. The molecule has 0 aromatic carbocycles. The average molecular weight is 359 g/mol. The lowest BCUT2D eigenvalue weighted by atomic mass is 9.75. The summed E-state index contributed by atoms with van der Waals surface area (Å²) in [5, 5.41) is 3.75. The molecule has 3 atom stereocenters. The van der Waals surface area contributed by atoms with Gasteiger partial charge in [0.2, 0.25) is 5.82 Å². The molecular weight excluding hydrogens is 334 g/mol. The minimum atomic E-state index is -0.694. The number of carbonyl (C=O) groups is 1. The zero-order chi connectivity index (χ0) is 18.7. The lowest BCUT2D eigenvalue weighted by Gasteiger charge is -2.36. The van der Waals surface area contributed by atoms with Gasteiger partial charge in [-0.3, -0.25) is 14.3 Å². The first kappa shape index (κ1) is 18.4. The normalized spacial score (nSPS) is 23.2. The molecule has 2 aromatic heterocycles. The van der Waals surface area contributed by atoms with Crippen molar-refractivity contribution in [2.75, 3.05) is 0 Å². The summed E-state index contributed by atoms with van der Waals surface area (Å²) in [7, 11) is 0. The van der Waals surface area contributed by atoms with Crippen molar-refractivity contribution in [1.82, 2.24) is 14.7 Å². The molecule has 3 unspecified atom stereocenters. The van der Waals surface area contributed by atoms with E-state index in [4.69, 9.17) is 9.26 Å². The van der Waals surface area contributed by atoms with E-state index in [0.717, 1.165) is 19.3 Å². The van der Waals surface area contributed by atoms with E-state index in [1.807, 2.05) is 0 Å². The molecule has 1 fully saturated rings. The predicted octanol–water partition coefficient (Wildman–Crippen LogP) is 2.90. The van der Waals surface area contributed by atoms with E-state index < -0.39 is 11.7 Å². The van der Waals surface area contributed by atoms with Gasteiger partial charge in [0.15, 0.2) is 0 Å². The number of nitrogens with zero attached hydrogens (tertiary/aromatic N) is 3. The Kier molecular flexibility index (Phi) is 5.54. The van der Waals surface area contributed by atoms with Crippen molar-refractivity contribution >= 4 is 5.97 Å². The molecule has 0 radical (unpaired) electrons. The topological polar surface area (TPSA) is 87.2 Å². The van der Waals surface area contributed by atoms with Gasteiger partial charge in [-0.25, -0.2) is 9.36 Å². The first-order chi connectivity index (χ1) is 12.5. The van der Waals surface area contributed by atoms with Crippen molar-refractivity contribution < 1.29 is 14.1 Å². The first-order valence-electron chi connectivity index (χ1n) is 9.13. The Hall–Kier alpha value is -2.44. The Balaban J connectivity index is 1.74. The van der Waals surface area contributed by atoms with Crippen LogP contribution in [0.25, 0.3) is 11.5 Å². The largest absolute Gasteiger partial charge is 0.461 e. The van der Waals surface area contributed by atoms with Gasteiger partial charge in [-0.15, -0.1) is 0 Å². The molecule has 1 aliphatic rings. The van der Waals surface area contributed by atoms with Gasteiger partial charge >= 0.3 is 11.7 Å². The summed E-state index contributed by atoms with van der Waals surface area (Å²) in [6, 6.07) is 5.24. The van der Waals surface area contributed by atoms with E-state index in [1.54, 1.807) is 24.4 Å². The van der Waals surface area contributed by atoms with E-state index >= 15 is 0 Å². The molecular formula is C19H25N3O4. The van der Waals surface area contributed by atoms with E-state index in [0.29, 0.717) is 23.4 Å². The Morgan fingerprint density at radius 1 is 1.38 bits per heavy atom. The molecule has 0 spiro atoms. The highest BCUT2D eigenvalue weighted by Gasteiger charge is 2.33. The molecule has 3 rings (SSSR count). The van der Waals surface area contributed by atoms with E-state index in [1.165, 1.54) is 4.57 Å². The molecule has 1 aliphatic carbocycles. The molecule has 2 heterocycles. The summed E-state index contributed by atoms with van der Waals surface area (Å²) in [6.07, 6.45) is 4.56. The first-order valence-corrected chi connectivity index (χ1v) is 9.13. The fourth-order valence-electron chi connectivity index (χ4n) is 3.67. The van der Waals surface area contributed by atoms with Gasteiger partial charge in [-0.1, -0.05) is 38.4 Å². The van der Waals surface area contributed by atoms with Crippen LogP contribution in [0.2, 0.25) is 0 Å². The highest BCUT2D eigenvalue weighted by atomic mass is 16.5. The summed E-state index contributed by atoms with van der Waals surface area (Å²) >= 11 is 0. The van der Waals surface area contributed by atoms with Gasteiger partial charge in [-0.05, 0) is 42.7 Å². The number of hydrogen-bond donors (Lipinski definition) is 0. The van der Waals surface area contributed by atoms with Crippen LogP contribution in [0, 0.1) is 17.8 Å². The van der Waals surface area contributed by atoms with Crippen molar-refractivity contribution in [3.05, 3.63) is 34.9 Å². The number of rotatable bonds is 5. The highest BCUT2D eigenvalue weighted by Crippen LogP contribution is 2.35. The fourth-order valence-corrected chi connectivity index (χ4v) is 3.67. The lowest BCUT2D eigenvalue weighted by molar-refractivity contribution is -0.156. The van der Waals surface area contributed by atoms with Gasteiger partial charge in [0, 0.05) is 6.20 Å². The molecule has 0 bridgehead atoms. The minimum Gasteiger partial charge on any atom is -0.461 e. The van der Waals surface area contributed by atoms with Crippen molar-refractivity contribution in [2.24, 2.45) is 17.8 Å². The molecule has 0 N–H and O–H groups in total. The van der Waals surface area contributed by atoms with E-state index in [9.17, 15) is 9.59 Å². The standard InChI is InChI=1S/C19H25N3O4/c1-12(2)14-8-7-13(3)10-16(14)25-17(23)11-22-18(21-26-19(22)24)15-6-4-5-9-20-15/h4-6,9,12-14,16H,7-8,10-11H2,1-3H3. The van der Waals surface area contributed by atoms with Gasteiger partial charge in [-0.2, -0.15) is 0 Å². The van der Waals surface area contributed by atoms with Crippen LogP contribution in [0.1, 0.15) is 40.0 Å². The summed E-state index contributed by atoms with van der Waals surface area (Å²) in [4.78, 5) is 28.6. The molecule has 0 amide bonds. The summed E-state index contributed by atoms with van der Waals surface area (Å²) in [5.74, 6) is 0.416.